The molecule has 2 saturated heterocycles. The molecular formula is C17H28N4O4. The molecule has 2 N–H and O–H groups in total. The average molecular weight is 352 g/mol. The molecule has 0 bridgehead atoms. The minimum Gasteiger partial charge on any atom is -0.389 e. The van der Waals surface area contributed by atoms with E-state index < -0.39 is 12.2 Å². The lowest BCUT2D eigenvalue weighted by atomic mass is 10.0. The Morgan fingerprint density at radius 1 is 1.24 bits per heavy atom. The van der Waals surface area contributed by atoms with Crippen LogP contribution < -0.4 is 0 Å². The van der Waals surface area contributed by atoms with Gasteiger partial charge in [-0.05, 0) is 19.9 Å². The molecule has 2 aliphatic heterocycles. The zero-order chi connectivity index (χ0) is 18.0. The van der Waals surface area contributed by atoms with E-state index in [4.69, 9.17) is 4.74 Å². The summed E-state index contributed by atoms with van der Waals surface area (Å²) in [5.74, 6) is 0.132. The molecule has 1 aromatic rings. The first-order chi connectivity index (χ1) is 12.0. The molecule has 3 heterocycles. The Morgan fingerprint density at radius 3 is 2.60 bits per heavy atom. The Balaban J connectivity index is 1.47. The number of ether oxygens (including phenoxy) is 1. The van der Waals surface area contributed by atoms with Crippen LogP contribution in [0, 0.1) is 13.8 Å². The normalized spacial score (nSPS) is 28.3. The van der Waals surface area contributed by atoms with E-state index in [1.165, 1.54) is 0 Å². The number of carbonyl (C=O) groups is 1. The highest BCUT2D eigenvalue weighted by molar-refractivity contribution is 5.76. The van der Waals surface area contributed by atoms with E-state index >= 15 is 0 Å². The van der Waals surface area contributed by atoms with Crippen molar-refractivity contribution in [1.29, 1.82) is 0 Å². The third kappa shape index (κ3) is 4.20. The fraction of sp³-hybridized carbons (Fsp3) is 0.765. The lowest BCUT2D eigenvalue weighted by molar-refractivity contribution is -0.145. The van der Waals surface area contributed by atoms with Gasteiger partial charge in [-0.15, -0.1) is 0 Å². The molecule has 0 unspecified atom stereocenters. The monoisotopic (exact) mass is 352 g/mol. The maximum atomic E-state index is 12.4. The third-order valence-corrected chi connectivity index (χ3v) is 5.14. The van der Waals surface area contributed by atoms with Crippen LogP contribution in [0.25, 0.3) is 0 Å². The van der Waals surface area contributed by atoms with Crippen molar-refractivity contribution in [2.75, 3.05) is 39.4 Å². The zero-order valence-electron chi connectivity index (χ0n) is 15.0. The van der Waals surface area contributed by atoms with Crippen LogP contribution in [-0.2, 0) is 16.1 Å². The number of aliphatic hydroxyl groups is 2. The predicted octanol–water partition coefficient (Wildman–Crippen LogP) is -0.845. The Bertz CT molecular complexity index is 597. The number of carbonyl (C=O) groups excluding carboxylic acids is 1. The zero-order valence-corrected chi connectivity index (χ0v) is 15.0. The fourth-order valence-corrected chi connectivity index (χ4v) is 3.65. The Morgan fingerprint density at radius 2 is 1.96 bits per heavy atom. The molecule has 8 heteroatoms. The van der Waals surface area contributed by atoms with Crippen LogP contribution in [0.2, 0.25) is 0 Å². The fourth-order valence-electron chi connectivity index (χ4n) is 3.65. The summed E-state index contributed by atoms with van der Waals surface area (Å²) in [6.07, 6.45) is -1.18. The molecule has 3 atom stereocenters. The molecule has 140 valence electrons. The topological polar surface area (TPSA) is 91.1 Å². The summed E-state index contributed by atoms with van der Waals surface area (Å²) in [7, 11) is 0. The standard InChI is InChI=1S/C17H28N4O4/c1-12-9-13(2)21(18-12)4-3-16(23)20-7-5-19(6-8-20)14-10-25-11-15(22)17(14)24/h9,14-15,17,22,24H,3-8,10-11H2,1-2H3/t14-,15-,17+/m1/s1. The largest absolute Gasteiger partial charge is 0.389 e. The average Bonchev–Trinajstić information content (AvgIpc) is 2.93. The smallest absolute Gasteiger partial charge is 0.224 e. The van der Waals surface area contributed by atoms with E-state index in [-0.39, 0.29) is 18.6 Å². The molecule has 1 aromatic heterocycles. The third-order valence-electron chi connectivity index (χ3n) is 5.14. The van der Waals surface area contributed by atoms with Gasteiger partial charge in [-0.2, -0.15) is 5.10 Å². The Labute approximate surface area is 148 Å². The molecule has 0 aromatic carbocycles. The first kappa shape index (κ1) is 18.3. The van der Waals surface area contributed by atoms with Crippen molar-refractivity contribution in [2.45, 2.75) is 45.1 Å². The predicted molar refractivity (Wildman–Crippen MR) is 91.1 cm³/mol. The summed E-state index contributed by atoms with van der Waals surface area (Å²) in [5, 5.41) is 24.3. The van der Waals surface area contributed by atoms with Crippen LogP contribution in [0.5, 0.6) is 0 Å². The number of nitrogens with zero attached hydrogens (tertiary/aromatic N) is 4. The number of hydrogen-bond donors (Lipinski definition) is 2. The quantitative estimate of drug-likeness (QED) is 0.734. The van der Waals surface area contributed by atoms with Gasteiger partial charge in [0.2, 0.25) is 5.91 Å². The van der Waals surface area contributed by atoms with Crippen LogP contribution in [0.4, 0.5) is 0 Å². The van der Waals surface area contributed by atoms with Gasteiger partial charge in [-0.25, -0.2) is 0 Å². The van der Waals surface area contributed by atoms with Gasteiger partial charge in [0, 0.05) is 44.8 Å². The van der Waals surface area contributed by atoms with Gasteiger partial charge in [-0.3, -0.25) is 14.4 Å². The molecule has 2 fully saturated rings. The lowest BCUT2D eigenvalue weighted by Crippen LogP contribution is -2.60. The second kappa shape index (κ2) is 7.82. The minimum absolute atomic E-state index is 0.132. The Kier molecular flexibility index (Phi) is 5.73. The van der Waals surface area contributed by atoms with Crippen molar-refractivity contribution in [2.24, 2.45) is 0 Å². The highest BCUT2D eigenvalue weighted by Gasteiger charge is 2.36. The molecule has 3 rings (SSSR count). The van der Waals surface area contributed by atoms with E-state index in [0.29, 0.717) is 45.8 Å². The van der Waals surface area contributed by atoms with Crippen molar-refractivity contribution >= 4 is 5.91 Å². The molecule has 8 nitrogen and oxygen atoms in total. The van der Waals surface area contributed by atoms with Gasteiger partial charge in [-0.1, -0.05) is 0 Å². The van der Waals surface area contributed by atoms with Crippen LogP contribution in [0.1, 0.15) is 17.8 Å². The number of amides is 1. The lowest BCUT2D eigenvalue weighted by Gasteiger charge is -2.43. The number of hydrogen-bond acceptors (Lipinski definition) is 6. The summed E-state index contributed by atoms with van der Waals surface area (Å²) in [4.78, 5) is 16.4. The maximum Gasteiger partial charge on any atom is 0.224 e. The second-order valence-electron chi connectivity index (χ2n) is 6.98. The van der Waals surface area contributed by atoms with Gasteiger partial charge in [0.1, 0.15) is 6.10 Å². The van der Waals surface area contributed by atoms with Crippen LogP contribution in [0.3, 0.4) is 0 Å². The first-order valence-electron chi connectivity index (χ1n) is 8.92. The van der Waals surface area contributed by atoms with Crippen LogP contribution in [-0.4, -0.2) is 93.3 Å². The molecule has 2 aliphatic rings. The van der Waals surface area contributed by atoms with Crippen molar-refractivity contribution in [3.63, 3.8) is 0 Å². The van der Waals surface area contributed by atoms with Crippen molar-refractivity contribution in [3.8, 4) is 0 Å². The van der Waals surface area contributed by atoms with Gasteiger partial charge in [0.25, 0.3) is 0 Å². The van der Waals surface area contributed by atoms with Crippen LogP contribution in [0.15, 0.2) is 6.07 Å². The van der Waals surface area contributed by atoms with E-state index in [9.17, 15) is 15.0 Å². The summed E-state index contributed by atoms with van der Waals surface area (Å²) in [6.45, 7) is 7.78. The van der Waals surface area contributed by atoms with Gasteiger partial charge in [0.15, 0.2) is 0 Å². The van der Waals surface area contributed by atoms with E-state index in [2.05, 4.69) is 10.00 Å². The SMILES string of the molecule is Cc1cc(C)n(CCC(=O)N2CCN([C@@H]3COC[C@@H](O)[C@H]3O)CC2)n1. The number of aliphatic hydroxyl groups excluding tert-OH is 2. The van der Waals surface area contributed by atoms with Crippen molar-refractivity contribution in [3.05, 3.63) is 17.5 Å². The molecule has 25 heavy (non-hydrogen) atoms. The van der Waals surface area contributed by atoms with Gasteiger partial charge >= 0.3 is 0 Å². The maximum absolute atomic E-state index is 12.4. The van der Waals surface area contributed by atoms with Crippen molar-refractivity contribution < 1.29 is 19.7 Å². The van der Waals surface area contributed by atoms with E-state index in [1.807, 2.05) is 29.5 Å². The molecular weight excluding hydrogens is 324 g/mol. The Hall–Kier alpha value is -1.48. The number of aryl methyl sites for hydroxylation is 3. The van der Waals surface area contributed by atoms with E-state index in [0.717, 1.165) is 11.4 Å². The second-order valence-corrected chi connectivity index (χ2v) is 6.98. The highest BCUT2D eigenvalue weighted by atomic mass is 16.5. The number of aromatic nitrogens is 2. The van der Waals surface area contributed by atoms with Crippen LogP contribution >= 0.6 is 0 Å². The molecule has 0 saturated carbocycles. The number of piperazine rings is 1. The molecule has 0 aliphatic carbocycles. The molecule has 0 radical (unpaired) electrons. The van der Waals surface area contributed by atoms with Gasteiger partial charge in [0.05, 0.1) is 31.1 Å². The minimum atomic E-state index is -0.834. The highest BCUT2D eigenvalue weighted by Crippen LogP contribution is 2.17. The summed E-state index contributed by atoms with van der Waals surface area (Å²) < 4.78 is 7.23. The summed E-state index contributed by atoms with van der Waals surface area (Å²) in [6, 6.07) is 1.81. The molecule has 0 spiro atoms. The van der Waals surface area contributed by atoms with E-state index in [1.54, 1.807) is 0 Å². The van der Waals surface area contributed by atoms with Crippen molar-refractivity contribution in [1.82, 2.24) is 19.6 Å². The number of rotatable bonds is 4. The summed E-state index contributed by atoms with van der Waals surface area (Å²) >= 11 is 0. The first-order valence-corrected chi connectivity index (χ1v) is 8.92. The summed E-state index contributed by atoms with van der Waals surface area (Å²) in [5.41, 5.74) is 2.04. The van der Waals surface area contributed by atoms with Gasteiger partial charge < -0.3 is 19.8 Å². The molecule has 1 amide bonds.